The van der Waals surface area contributed by atoms with Crippen LogP contribution in [0.3, 0.4) is 0 Å². The van der Waals surface area contributed by atoms with Crippen molar-refractivity contribution in [2.75, 3.05) is 13.1 Å². The largest absolute Gasteiger partial charge is 0.481 e. The second-order valence-corrected chi connectivity index (χ2v) is 4.50. The number of carbonyl (C=O) groups excluding carboxylic acids is 1. The van der Waals surface area contributed by atoms with E-state index in [1.165, 1.54) is 0 Å². The Labute approximate surface area is 108 Å². The molecule has 0 saturated heterocycles. The molecule has 2 N–H and O–H groups in total. The second-order valence-electron chi connectivity index (χ2n) is 4.50. The van der Waals surface area contributed by atoms with Crippen molar-refractivity contribution in [2.24, 2.45) is 0 Å². The first-order valence-corrected chi connectivity index (χ1v) is 6.35. The van der Waals surface area contributed by atoms with Crippen molar-refractivity contribution in [2.45, 2.75) is 44.6 Å². The first kappa shape index (κ1) is 14.4. The Morgan fingerprint density at radius 2 is 2.06 bits per heavy atom. The Morgan fingerprint density at radius 3 is 2.61 bits per heavy atom. The molecule has 100 valence electrons. The molecule has 0 aromatic carbocycles. The van der Waals surface area contributed by atoms with Gasteiger partial charge in [0.1, 0.15) is 0 Å². The minimum Gasteiger partial charge on any atom is -0.481 e. The molecule has 0 aromatic heterocycles. The molecule has 0 radical (unpaired) electrons. The van der Waals surface area contributed by atoms with Crippen molar-refractivity contribution >= 4 is 12.0 Å². The summed E-state index contributed by atoms with van der Waals surface area (Å²) in [5.41, 5.74) is 0. The summed E-state index contributed by atoms with van der Waals surface area (Å²) in [4.78, 5) is 24.0. The Balaban J connectivity index is 2.35. The molecule has 1 fully saturated rings. The lowest BCUT2D eigenvalue weighted by Crippen LogP contribution is -2.45. The number of rotatable bonds is 6. The van der Waals surface area contributed by atoms with E-state index in [2.05, 4.69) is 11.2 Å². The average Bonchev–Trinajstić information content (AvgIpc) is 2.84. The number of aliphatic carboxylic acids is 1. The minimum absolute atomic E-state index is 0.0683. The first-order chi connectivity index (χ1) is 8.65. The Bertz CT molecular complexity index is 330. The van der Waals surface area contributed by atoms with Crippen LogP contribution in [0, 0.1) is 12.3 Å². The smallest absolute Gasteiger partial charge is 0.318 e. The third kappa shape index (κ3) is 4.66. The lowest BCUT2D eigenvalue weighted by molar-refractivity contribution is -0.137. The van der Waals surface area contributed by atoms with Gasteiger partial charge in [-0.05, 0) is 19.3 Å². The molecule has 2 amide bonds. The zero-order valence-corrected chi connectivity index (χ0v) is 10.5. The third-order valence-corrected chi connectivity index (χ3v) is 3.13. The van der Waals surface area contributed by atoms with E-state index in [1.54, 1.807) is 4.90 Å². The van der Waals surface area contributed by atoms with Gasteiger partial charge in [0.05, 0.1) is 6.54 Å². The quantitative estimate of drug-likeness (QED) is 0.555. The number of urea groups is 1. The molecule has 1 aliphatic carbocycles. The number of terminal acetylenes is 1. The van der Waals surface area contributed by atoms with Crippen molar-refractivity contribution < 1.29 is 14.7 Å². The lowest BCUT2D eigenvalue weighted by Gasteiger charge is -2.27. The van der Waals surface area contributed by atoms with Crippen LogP contribution in [-0.2, 0) is 4.79 Å². The van der Waals surface area contributed by atoms with Crippen molar-refractivity contribution in [1.29, 1.82) is 0 Å². The fourth-order valence-electron chi connectivity index (χ4n) is 2.22. The predicted octanol–water partition coefficient (Wildman–Crippen LogP) is 1.44. The lowest BCUT2D eigenvalue weighted by atomic mass is 10.2. The molecule has 0 bridgehead atoms. The van der Waals surface area contributed by atoms with Crippen LogP contribution >= 0.6 is 0 Å². The van der Waals surface area contributed by atoms with Gasteiger partial charge in [0, 0.05) is 19.0 Å². The molecule has 0 atom stereocenters. The molecule has 18 heavy (non-hydrogen) atoms. The van der Waals surface area contributed by atoms with Gasteiger partial charge in [-0.15, -0.1) is 6.42 Å². The Hall–Kier alpha value is -1.70. The maximum absolute atomic E-state index is 11.9. The van der Waals surface area contributed by atoms with Gasteiger partial charge in [0.2, 0.25) is 0 Å². The molecule has 1 rings (SSSR count). The predicted molar refractivity (Wildman–Crippen MR) is 68.1 cm³/mol. The van der Waals surface area contributed by atoms with Crippen LogP contribution in [0.25, 0.3) is 0 Å². The van der Waals surface area contributed by atoms with E-state index in [0.717, 1.165) is 25.7 Å². The summed E-state index contributed by atoms with van der Waals surface area (Å²) in [7, 11) is 0. The first-order valence-electron chi connectivity index (χ1n) is 6.35. The van der Waals surface area contributed by atoms with Crippen LogP contribution in [0.15, 0.2) is 0 Å². The molecule has 1 saturated carbocycles. The highest BCUT2D eigenvalue weighted by Crippen LogP contribution is 2.23. The average molecular weight is 252 g/mol. The topological polar surface area (TPSA) is 69.6 Å². The molecule has 0 unspecified atom stereocenters. The number of hydrogen-bond acceptors (Lipinski definition) is 2. The minimum atomic E-state index is -0.847. The van der Waals surface area contributed by atoms with E-state index in [9.17, 15) is 9.59 Å². The van der Waals surface area contributed by atoms with Crippen LogP contribution in [0.1, 0.15) is 38.5 Å². The summed E-state index contributed by atoms with van der Waals surface area (Å²) in [6.07, 6.45) is 10.1. The van der Waals surface area contributed by atoms with Crippen LogP contribution in [0.4, 0.5) is 4.79 Å². The highest BCUT2D eigenvalue weighted by molar-refractivity contribution is 5.75. The molecular formula is C13H20N2O3. The summed E-state index contributed by atoms with van der Waals surface area (Å²) in [5, 5.41) is 11.2. The van der Waals surface area contributed by atoms with E-state index in [-0.39, 0.29) is 18.5 Å². The highest BCUT2D eigenvalue weighted by Gasteiger charge is 2.25. The molecule has 1 aliphatic rings. The summed E-state index contributed by atoms with van der Waals surface area (Å²) < 4.78 is 0. The van der Waals surface area contributed by atoms with Gasteiger partial charge in [-0.2, -0.15) is 0 Å². The number of carbonyl (C=O) groups is 2. The SMILES string of the molecule is C#CCN(C(=O)NCCCC(=O)O)C1CCCC1. The van der Waals surface area contributed by atoms with E-state index >= 15 is 0 Å². The Kier molecular flexibility index (Phi) is 6.06. The zero-order chi connectivity index (χ0) is 13.4. The molecule has 5 heteroatoms. The molecule has 0 aliphatic heterocycles. The van der Waals surface area contributed by atoms with Gasteiger partial charge in [-0.3, -0.25) is 4.79 Å². The van der Waals surface area contributed by atoms with Crippen molar-refractivity contribution in [3.63, 3.8) is 0 Å². The van der Waals surface area contributed by atoms with E-state index in [1.807, 2.05) is 0 Å². The monoisotopic (exact) mass is 252 g/mol. The fraction of sp³-hybridized carbons (Fsp3) is 0.692. The van der Waals surface area contributed by atoms with Crippen molar-refractivity contribution in [3.8, 4) is 12.3 Å². The number of hydrogen-bond donors (Lipinski definition) is 2. The summed E-state index contributed by atoms with van der Waals surface area (Å²) >= 11 is 0. The van der Waals surface area contributed by atoms with Gasteiger partial charge < -0.3 is 15.3 Å². The van der Waals surface area contributed by atoms with E-state index in [0.29, 0.717) is 19.5 Å². The molecular weight excluding hydrogens is 232 g/mol. The number of nitrogens with one attached hydrogen (secondary N) is 1. The van der Waals surface area contributed by atoms with E-state index in [4.69, 9.17) is 11.5 Å². The van der Waals surface area contributed by atoms with Gasteiger partial charge in [0.15, 0.2) is 0 Å². The third-order valence-electron chi connectivity index (χ3n) is 3.13. The Morgan fingerprint density at radius 1 is 1.39 bits per heavy atom. The normalized spacial score (nSPS) is 15.1. The van der Waals surface area contributed by atoms with Crippen molar-refractivity contribution in [3.05, 3.63) is 0 Å². The number of carboxylic acids is 1. The van der Waals surface area contributed by atoms with Crippen LogP contribution < -0.4 is 5.32 Å². The van der Waals surface area contributed by atoms with Gasteiger partial charge in [-0.25, -0.2) is 4.79 Å². The molecule has 5 nitrogen and oxygen atoms in total. The fourth-order valence-corrected chi connectivity index (χ4v) is 2.22. The van der Waals surface area contributed by atoms with E-state index < -0.39 is 5.97 Å². The standard InChI is InChI=1S/C13H20N2O3/c1-2-10-15(11-6-3-4-7-11)13(18)14-9-5-8-12(16)17/h1,11H,3-10H2,(H,14,18)(H,16,17). The molecule has 0 heterocycles. The molecule has 0 spiro atoms. The highest BCUT2D eigenvalue weighted by atomic mass is 16.4. The maximum Gasteiger partial charge on any atom is 0.318 e. The number of amides is 2. The van der Waals surface area contributed by atoms with Crippen LogP contribution in [0.5, 0.6) is 0 Å². The number of nitrogens with zero attached hydrogens (tertiary/aromatic N) is 1. The maximum atomic E-state index is 11.9. The number of carboxylic acid groups (broad SMARTS) is 1. The summed E-state index contributed by atoms with van der Waals surface area (Å²) in [6.45, 7) is 0.689. The van der Waals surface area contributed by atoms with Crippen molar-refractivity contribution in [1.82, 2.24) is 10.2 Å². The second kappa shape index (κ2) is 7.59. The van der Waals surface area contributed by atoms with Gasteiger partial charge in [-0.1, -0.05) is 18.8 Å². The van der Waals surface area contributed by atoms with Crippen LogP contribution in [-0.4, -0.2) is 41.1 Å². The van der Waals surface area contributed by atoms with Gasteiger partial charge in [0.25, 0.3) is 0 Å². The summed E-state index contributed by atoms with van der Waals surface area (Å²) in [6, 6.07) is 0.0609. The van der Waals surface area contributed by atoms with Gasteiger partial charge >= 0.3 is 12.0 Å². The zero-order valence-electron chi connectivity index (χ0n) is 10.5. The summed E-state index contributed by atoms with van der Waals surface area (Å²) in [5.74, 6) is 1.66. The molecule has 0 aromatic rings. The van der Waals surface area contributed by atoms with Crippen LogP contribution in [0.2, 0.25) is 0 Å².